The number of nitrogens with two attached hydrogens (primary N) is 2. The van der Waals surface area contributed by atoms with Crippen LogP contribution in [0.2, 0.25) is 0 Å². The molecule has 12 N–H and O–H groups in total. The molecule has 0 atom stereocenters. The second kappa shape index (κ2) is 31.8. The summed E-state index contributed by atoms with van der Waals surface area (Å²) in [5.41, 5.74) is 6.88. The van der Waals surface area contributed by atoms with Gasteiger partial charge in [-0.2, -0.15) is 0 Å². The molecule has 46 heavy (non-hydrogen) atoms. The summed E-state index contributed by atoms with van der Waals surface area (Å²) in [4.78, 5) is 86.6. The van der Waals surface area contributed by atoms with Gasteiger partial charge in [0.05, 0.1) is 60.6 Å². The fraction of sp³-hybridized carbons (Fsp3) is 0.600. The van der Waals surface area contributed by atoms with Gasteiger partial charge in [0.1, 0.15) is 0 Å². The Morgan fingerprint density at radius 2 is 0.609 bits per heavy atom. The van der Waals surface area contributed by atoms with E-state index in [9.17, 15) is 58.8 Å². The van der Waals surface area contributed by atoms with Gasteiger partial charge >= 0.3 is 142 Å². The van der Waals surface area contributed by atoms with E-state index in [0.717, 1.165) is 9.80 Å². The van der Waals surface area contributed by atoms with Crippen LogP contribution in [0.1, 0.15) is 25.7 Å². The molecule has 0 radical (unpaired) electrons. The third-order valence-electron chi connectivity index (χ3n) is 5.00. The second-order valence-electron chi connectivity index (χ2n) is 8.50. The average molecular weight is 708 g/mol. The Morgan fingerprint density at radius 1 is 0.457 bits per heavy atom. The van der Waals surface area contributed by atoms with Crippen LogP contribution in [0.4, 0.5) is 0 Å². The van der Waals surface area contributed by atoms with Gasteiger partial charge in [-0.15, -0.1) is 0 Å². The van der Waals surface area contributed by atoms with Gasteiger partial charge in [0.25, 0.3) is 0 Å². The molecule has 0 fully saturated rings. The third kappa shape index (κ3) is 32.1. The van der Waals surface area contributed by atoms with E-state index < -0.39 is 111 Å². The minimum atomic E-state index is -2.22. The van der Waals surface area contributed by atoms with E-state index in [-0.39, 0.29) is 142 Å². The van der Waals surface area contributed by atoms with Crippen molar-refractivity contribution < 1.29 is 208 Å². The van der Waals surface area contributed by atoms with E-state index >= 15 is 0 Å². The number of carbonyl (C=O) groups excluding carboxylic acids is 4. The van der Waals surface area contributed by atoms with E-state index in [1.165, 1.54) is 0 Å². The standard InChI is InChI=1S/2C10H16N2O8.4Na.2H2O/c11-9(1-5(13)14,2-6(15)16)10(12,3-7(17)18)4-8(19)20;13-7(14)3-11(4-8(15)16)1-2-12(5-9(17)18)6-10(19)20;;;;;;/h1-4,11-12H2,(H,13,14)(H,15,16)(H,17,18)(H,19,20);1-6H2,(H,13,14)(H,15,16)(H,17,18)(H,19,20);;;;;2*1H2/q;;4*+1;;/p-4. The van der Waals surface area contributed by atoms with Gasteiger partial charge < -0.3 is 82.5 Å². The summed E-state index contributed by atoms with van der Waals surface area (Å²) >= 11 is 0. The van der Waals surface area contributed by atoms with Crippen LogP contribution in [-0.4, -0.2) is 139 Å². The SMILES string of the molecule is NC(CC(=O)O)(CC(=O)O)C(N)(CC(=O)O)CC(=O)O.O.O.O=C([O-])CN(CCN(CC(=O)[O-])CC(=O)[O-])CC(=O)[O-].[Na+].[Na+].[Na+].[Na+]. The Morgan fingerprint density at radius 3 is 0.717 bits per heavy atom. The van der Waals surface area contributed by atoms with E-state index in [2.05, 4.69) is 0 Å². The molecule has 22 nitrogen and oxygen atoms in total. The monoisotopic (exact) mass is 708 g/mol. The number of carboxylic acids is 8. The topological polar surface area (TPSA) is 431 Å². The molecule has 0 aromatic heterocycles. The predicted molar refractivity (Wildman–Crippen MR) is 123 cm³/mol. The Kier molecular flexibility index (Phi) is 44.3. The van der Waals surface area contributed by atoms with Crippen molar-refractivity contribution in [1.82, 2.24) is 9.80 Å². The largest absolute Gasteiger partial charge is 1.00 e. The molecular weight excluding hydrogens is 676 g/mol. The summed E-state index contributed by atoms with van der Waals surface area (Å²) in [5, 5.41) is 76.7. The number of carboxylic acid groups (broad SMARTS) is 8. The van der Waals surface area contributed by atoms with Crippen molar-refractivity contribution in [3.63, 3.8) is 0 Å². The van der Waals surface area contributed by atoms with Crippen LogP contribution >= 0.6 is 0 Å². The minimum Gasteiger partial charge on any atom is -0.549 e. The maximum absolute atomic E-state index is 10.8. The summed E-state index contributed by atoms with van der Waals surface area (Å²) in [6.07, 6.45) is -3.90. The van der Waals surface area contributed by atoms with Crippen molar-refractivity contribution in [2.45, 2.75) is 36.8 Å². The molecule has 0 saturated carbocycles. The zero-order valence-electron chi connectivity index (χ0n) is 25.8. The Labute approximate surface area is 349 Å². The molecule has 0 aromatic rings. The molecule has 0 spiro atoms. The molecular formula is C20H32N4Na4O18. The van der Waals surface area contributed by atoms with E-state index in [1.807, 2.05) is 0 Å². The van der Waals surface area contributed by atoms with Crippen molar-refractivity contribution in [3.05, 3.63) is 0 Å². The maximum atomic E-state index is 10.8. The Bertz CT molecular complexity index is 850. The summed E-state index contributed by atoms with van der Waals surface area (Å²) in [6, 6.07) is 0. The quantitative estimate of drug-likeness (QED) is 0.0639. The third-order valence-corrected chi connectivity index (χ3v) is 5.00. The van der Waals surface area contributed by atoms with E-state index in [1.54, 1.807) is 0 Å². The number of carbonyl (C=O) groups is 8. The van der Waals surface area contributed by atoms with Gasteiger partial charge in [-0.3, -0.25) is 29.0 Å². The molecule has 0 saturated heterocycles. The van der Waals surface area contributed by atoms with Crippen molar-refractivity contribution in [1.29, 1.82) is 0 Å². The summed E-state index contributed by atoms with van der Waals surface area (Å²) in [5.74, 6) is -12.2. The number of rotatable bonds is 20. The van der Waals surface area contributed by atoms with Crippen molar-refractivity contribution >= 4 is 47.8 Å². The molecule has 26 heteroatoms. The number of hydrogen-bond donors (Lipinski definition) is 6. The van der Waals surface area contributed by atoms with Gasteiger partial charge in [-0.1, -0.05) is 0 Å². The molecule has 0 aliphatic carbocycles. The molecule has 0 aliphatic heterocycles. The van der Waals surface area contributed by atoms with Gasteiger partial charge in [-0.05, 0) is 0 Å². The first-order chi connectivity index (χ1) is 18.1. The first-order valence-corrected chi connectivity index (χ1v) is 10.8. The van der Waals surface area contributed by atoms with Gasteiger partial charge in [0, 0.05) is 39.3 Å². The van der Waals surface area contributed by atoms with Gasteiger partial charge in [0.15, 0.2) is 0 Å². The zero-order chi connectivity index (χ0) is 31.8. The van der Waals surface area contributed by atoms with E-state index in [0.29, 0.717) is 0 Å². The molecule has 244 valence electrons. The van der Waals surface area contributed by atoms with Crippen LogP contribution in [0.25, 0.3) is 0 Å². The number of nitrogens with zero attached hydrogens (tertiary/aromatic N) is 2. The van der Waals surface area contributed by atoms with Gasteiger partial charge in [0.2, 0.25) is 0 Å². The molecule has 0 bridgehead atoms. The smallest absolute Gasteiger partial charge is 0.549 e. The van der Waals surface area contributed by atoms with Crippen LogP contribution in [0.15, 0.2) is 0 Å². The van der Waals surface area contributed by atoms with Crippen molar-refractivity contribution in [3.8, 4) is 0 Å². The van der Waals surface area contributed by atoms with Crippen LogP contribution in [0, 0.1) is 0 Å². The van der Waals surface area contributed by atoms with Crippen LogP contribution < -0.4 is 150 Å². The first-order valence-electron chi connectivity index (χ1n) is 10.8. The van der Waals surface area contributed by atoms with Crippen LogP contribution in [0.3, 0.4) is 0 Å². The normalized spacial score (nSPS) is 9.83. The maximum Gasteiger partial charge on any atom is 1.00 e. The Balaban J connectivity index is -0.0000000926. The van der Waals surface area contributed by atoms with Crippen molar-refractivity contribution in [2.75, 3.05) is 39.3 Å². The molecule has 0 amide bonds. The molecule has 0 aliphatic rings. The Hall–Kier alpha value is -0.480. The fourth-order valence-corrected chi connectivity index (χ4v) is 3.35. The predicted octanol–water partition coefficient (Wildman–Crippen LogP) is -22.8. The average Bonchev–Trinajstić information content (AvgIpc) is 2.68. The zero-order valence-corrected chi connectivity index (χ0v) is 33.8. The summed E-state index contributed by atoms with van der Waals surface area (Å²) in [7, 11) is 0. The first kappa shape index (κ1) is 64.1. The number of hydrogen-bond acceptors (Lipinski definition) is 16. The second-order valence-corrected chi connectivity index (χ2v) is 8.50. The number of aliphatic carboxylic acids is 8. The van der Waals surface area contributed by atoms with Crippen LogP contribution in [0.5, 0.6) is 0 Å². The molecule has 0 heterocycles. The summed E-state index contributed by atoms with van der Waals surface area (Å²) in [6.45, 7) is -3.25. The van der Waals surface area contributed by atoms with Crippen LogP contribution in [-0.2, 0) is 38.4 Å². The molecule has 0 rings (SSSR count). The van der Waals surface area contributed by atoms with Gasteiger partial charge in [-0.25, -0.2) is 0 Å². The van der Waals surface area contributed by atoms with Crippen molar-refractivity contribution in [2.24, 2.45) is 11.5 Å². The fourth-order valence-electron chi connectivity index (χ4n) is 3.35. The molecule has 0 aromatic carbocycles. The minimum absolute atomic E-state index is 0. The summed E-state index contributed by atoms with van der Waals surface area (Å²) < 4.78 is 0. The van der Waals surface area contributed by atoms with E-state index in [4.69, 9.17) is 31.9 Å². The molecule has 0 unspecified atom stereocenters.